The molecule has 4 nitrogen and oxygen atoms in total. The lowest BCUT2D eigenvalue weighted by Crippen LogP contribution is -2.35. The molecule has 0 amide bonds. The quantitative estimate of drug-likeness (QED) is 0.730. The Kier molecular flexibility index (Phi) is 7.66. The highest BCUT2D eigenvalue weighted by atomic mass is 35.5. The summed E-state index contributed by atoms with van der Waals surface area (Å²) in [5.74, 6) is 1.31. The van der Waals surface area contributed by atoms with Gasteiger partial charge in [0.05, 0.1) is 5.02 Å². The topological polar surface area (TPSA) is 41.9 Å². The maximum Gasteiger partial charge on any atom is 0.138 e. The average molecular weight is 370 g/mol. The van der Waals surface area contributed by atoms with Crippen molar-refractivity contribution in [2.45, 2.75) is 6.10 Å². The van der Waals surface area contributed by atoms with Crippen molar-refractivity contribution < 1.29 is 14.6 Å². The minimum atomic E-state index is -0.613. The van der Waals surface area contributed by atoms with Crippen molar-refractivity contribution >= 4 is 23.2 Å². The van der Waals surface area contributed by atoms with E-state index in [4.69, 9.17) is 32.7 Å². The fourth-order valence-corrected chi connectivity index (χ4v) is 2.50. The van der Waals surface area contributed by atoms with Gasteiger partial charge in [0.2, 0.25) is 0 Å². The summed E-state index contributed by atoms with van der Waals surface area (Å²) >= 11 is 11.9. The molecule has 0 saturated heterocycles. The molecular weight excluding hydrogens is 349 g/mol. The van der Waals surface area contributed by atoms with E-state index in [2.05, 4.69) is 0 Å². The van der Waals surface area contributed by atoms with Crippen molar-refractivity contribution in [1.29, 1.82) is 0 Å². The number of aliphatic hydroxyl groups is 1. The lowest BCUT2D eigenvalue weighted by atomic mass is 10.3. The number of rotatable bonds is 9. The zero-order valence-corrected chi connectivity index (χ0v) is 15.0. The molecule has 0 spiro atoms. The minimum absolute atomic E-state index is 0.184. The van der Waals surface area contributed by atoms with Crippen molar-refractivity contribution in [3.8, 4) is 11.5 Å². The van der Waals surface area contributed by atoms with E-state index in [1.807, 2.05) is 36.2 Å². The molecule has 0 aromatic heterocycles. The Hall–Kier alpha value is -1.46. The van der Waals surface area contributed by atoms with Crippen LogP contribution in [0.1, 0.15) is 0 Å². The Balaban J connectivity index is 1.66. The van der Waals surface area contributed by atoms with Gasteiger partial charge in [0, 0.05) is 18.1 Å². The van der Waals surface area contributed by atoms with Crippen LogP contribution in [-0.2, 0) is 0 Å². The molecule has 2 aromatic carbocycles. The van der Waals surface area contributed by atoms with E-state index in [1.54, 1.807) is 24.3 Å². The maximum atomic E-state index is 10.1. The average Bonchev–Trinajstić information content (AvgIpc) is 2.54. The standard InChI is InChI=1S/C18H21Cl2NO3/c1-21(9-10-23-16-6-4-5-14(19)11-16)12-15(22)13-24-18-8-3-2-7-17(18)20/h2-8,11,15,22H,9-10,12-13H2,1H3. The van der Waals surface area contributed by atoms with Gasteiger partial charge < -0.3 is 19.5 Å². The van der Waals surface area contributed by atoms with E-state index >= 15 is 0 Å². The monoisotopic (exact) mass is 369 g/mol. The second kappa shape index (κ2) is 9.74. The molecule has 0 aliphatic heterocycles. The zero-order valence-electron chi connectivity index (χ0n) is 13.5. The molecule has 0 bridgehead atoms. The van der Waals surface area contributed by atoms with Gasteiger partial charge in [-0.25, -0.2) is 0 Å². The van der Waals surface area contributed by atoms with E-state index in [0.29, 0.717) is 35.5 Å². The third-order valence-electron chi connectivity index (χ3n) is 3.33. The molecule has 1 atom stereocenters. The lowest BCUT2D eigenvalue weighted by molar-refractivity contribution is 0.0723. The highest BCUT2D eigenvalue weighted by Gasteiger charge is 2.10. The minimum Gasteiger partial charge on any atom is -0.492 e. The van der Waals surface area contributed by atoms with E-state index in [1.165, 1.54) is 0 Å². The predicted molar refractivity (Wildman–Crippen MR) is 97.4 cm³/mol. The van der Waals surface area contributed by atoms with Crippen LogP contribution in [-0.4, -0.2) is 49.5 Å². The molecule has 0 radical (unpaired) electrons. The van der Waals surface area contributed by atoms with E-state index < -0.39 is 6.10 Å². The van der Waals surface area contributed by atoms with Crippen LogP contribution in [0.4, 0.5) is 0 Å². The lowest BCUT2D eigenvalue weighted by Gasteiger charge is -2.21. The second-order valence-corrected chi connectivity index (χ2v) is 6.31. The third-order valence-corrected chi connectivity index (χ3v) is 3.88. The first-order chi connectivity index (χ1) is 11.5. The van der Waals surface area contributed by atoms with Crippen LogP contribution < -0.4 is 9.47 Å². The number of hydrogen-bond acceptors (Lipinski definition) is 4. The molecule has 1 unspecified atom stereocenters. The van der Waals surface area contributed by atoms with Gasteiger partial charge in [-0.15, -0.1) is 0 Å². The fraction of sp³-hybridized carbons (Fsp3) is 0.333. The van der Waals surface area contributed by atoms with Crippen molar-refractivity contribution in [3.05, 3.63) is 58.6 Å². The van der Waals surface area contributed by atoms with Gasteiger partial charge in [-0.1, -0.05) is 41.4 Å². The van der Waals surface area contributed by atoms with E-state index in [-0.39, 0.29) is 6.61 Å². The summed E-state index contributed by atoms with van der Waals surface area (Å²) in [6, 6.07) is 14.5. The van der Waals surface area contributed by atoms with Gasteiger partial charge in [-0.3, -0.25) is 0 Å². The predicted octanol–water partition coefficient (Wildman–Crippen LogP) is 3.74. The molecule has 0 heterocycles. The second-order valence-electron chi connectivity index (χ2n) is 5.46. The number of para-hydroxylation sites is 1. The summed E-state index contributed by atoms with van der Waals surface area (Å²) in [5, 5.41) is 11.2. The van der Waals surface area contributed by atoms with Crippen LogP contribution in [0, 0.1) is 0 Å². The van der Waals surface area contributed by atoms with Gasteiger partial charge in [0.15, 0.2) is 0 Å². The summed E-state index contributed by atoms with van der Waals surface area (Å²) in [4.78, 5) is 1.98. The highest BCUT2D eigenvalue weighted by molar-refractivity contribution is 6.32. The Bertz CT molecular complexity index is 639. The summed E-state index contributed by atoms with van der Waals surface area (Å²) in [7, 11) is 1.92. The molecule has 24 heavy (non-hydrogen) atoms. The first-order valence-corrected chi connectivity index (χ1v) is 8.42. The molecule has 0 fully saturated rings. The molecule has 0 aliphatic carbocycles. The van der Waals surface area contributed by atoms with E-state index in [9.17, 15) is 5.11 Å². The summed E-state index contributed by atoms with van der Waals surface area (Å²) < 4.78 is 11.2. The molecule has 2 rings (SSSR count). The smallest absolute Gasteiger partial charge is 0.138 e. The molecule has 6 heteroatoms. The zero-order chi connectivity index (χ0) is 17.4. The first-order valence-electron chi connectivity index (χ1n) is 7.67. The normalized spacial score (nSPS) is 12.2. The van der Waals surface area contributed by atoms with Crippen LogP contribution in [0.3, 0.4) is 0 Å². The van der Waals surface area contributed by atoms with Gasteiger partial charge in [0.1, 0.15) is 30.8 Å². The summed E-state index contributed by atoms with van der Waals surface area (Å²) in [6.07, 6.45) is -0.613. The molecule has 130 valence electrons. The Morgan fingerprint density at radius 3 is 2.62 bits per heavy atom. The Morgan fingerprint density at radius 1 is 1.08 bits per heavy atom. The number of benzene rings is 2. The first kappa shape index (κ1) is 18.9. The number of halogens is 2. The van der Waals surface area contributed by atoms with Crippen LogP contribution in [0.15, 0.2) is 48.5 Å². The Labute approximate surface area is 152 Å². The number of ether oxygens (including phenoxy) is 2. The van der Waals surface area contributed by atoms with Gasteiger partial charge in [-0.2, -0.15) is 0 Å². The largest absolute Gasteiger partial charge is 0.492 e. The van der Waals surface area contributed by atoms with Crippen molar-refractivity contribution in [1.82, 2.24) is 4.90 Å². The van der Waals surface area contributed by atoms with Crippen molar-refractivity contribution in [3.63, 3.8) is 0 Å². The van der Waals surface area contributed by atoms with Gasteiger partial charge >= 0.3 is 0 Å². The number of hydrogen-bond donors (Lipinski definition) is 1. The number of aliphatic hydroxyl groups excluding tert-OH is 1. The molecular formula is C18H21Cl2NO3. The molecule has 0 saturated carbocycles. The van der Waals surface area contributed by atoms with Crippen molar-refractivity contribution in [2.24, 2.45) is 0 Å². The molecule has 2 aromatic rings. The van der Waals surface area contributed by atoms with Gasteiger partial charge in [0.25, 0.3) is 0 Å². The van der Waals surface area contributed by atoms with Crippen LogP contribution in [0.25, 0.3) is 0 Å². The molecule has 0 aliphatic rings. The highest BCUT2D eigenvalue weighted by Crippen LogP contribution is 2.23. The molecule has 1 N–H and O–H groups in total. The van der Waals surface area contributed by atoms with Crippen molar-refractivity contribution in [2.75, 3.05) is 33.4 Å². The third kappa shape index (κ3) is 6.57. The maximum absolute atomic E-state index is 10.1. The SMILES string of the molecule is CN(CCOc1cccc(Cl)c1)CC(O)COc1ccccc1Cl. The van der Waals surface area contributed by atoms with E-state index in [0.717, 1.165) is 5.75 Å². The van der Waals surface area contributed by atoms with Crippen LogP contribution in [0.5, 0.6) is 11.5 Å². The fourth-order valence-electron chi connectivity index (χ4n) is 2.13. The van der Waals surface area contributed by atoms with Crippen LogP contribution in [0.2, 0.25) is 10.0 Å². The number of nitrogens with zero attached hydrogens (tertiary/aromatic N) is 1. The summed E-state index contributed by atoms with van der Waals surface area (Å²) in [6.45, 7) is 1.84. The number of likely N-dealkylation sites (N-methyl/N-ethyl adjacent to an activating group) is 1. The van der Waals surface area contributed by atoms with Crippen LogP contribution >= 0.6 is 23.2 Å². The van der Waals surface area contributed by atoms with Gasteiger partial charge in [-0.05, 0) is 37.4 Å². The Morgan fingerprint density at radius 2 is 1.88 bits per heavy atom. The summed E-state index contributed by atoms with van der Waals surface area (Å²) in [5.41, 5.74) is 0.